The second-order valence-electron chi connectivity index (χ2n) is 12.5. The minimum atomic E-state index is -0.385. The highest BCUT2D eigenvalue weighted by Gasteiger charge is 2.52. The highest BCUT2D eigenvalue weighted by atomic mass is 79.9. The van der Waals surface area contributed by atoms with Crippen LogP contribution in [0.4, 0.5) is 0 Å². The number of hydrogen-bond acceptors (Lipinski definition) is 1. The smallest absolute Gasteiger partial charge is 0.136 e. The van der Waals surface area contributed by atoms with Crippen molar-refractivity contribution in [2.45, 2.75) is 5.41 Å². The van der Waals surface area contributed by atoms with Crippen LogP contribution in [0.1, 0.15) is 22.3 Å². The molecule has 214 valence electrons. The minimum absolute atomic E-state index is 0.385. The van der Waals surface area contributed by atoms with Crippen molar-refractivity contribution in [1.82, 2.24) is 4.57 Å². The van der Waals surface area contributed by atoms with Crippen LogP contribution in [0.5, 0.6) is 0 Å². The molecule has 2 aromatic heterocycles. The summed E-state index contributed by atoms with van der Waals surface area (Å²) in [6.07, 6.45) is 0. The van der Waals surface area contributed by atoms with Crippen molar-refractivity contribution >= 4 is 59.7 Å². The van der Waals surface area contributed by atoms with Gasteiger partial charge in [-0.2, -0.15) is 0 Å². The highest BCUT2D eigenvalue weighted by Crippen LogP contribution is 2.64. The topological polar surface area (TPSA) is 18.1 Å². The molecule has 0 bridgehead atoms. The lowest BCUT2D eigenvalue weighted by Gasteiger charge is -2.30. The highest BCUT2D eigenvalue weighted by molar-refractivity contribution is 9.10. The van der Waals surface area contributed by atoms with E-state index in [1.54, 1.807) is 0 Å². The van der Waals surface area contributed by atoms with Gasteiger partial charge in [-0.3, -0.25) is 0 Å². The zero-order valence-electron chi connectivity index (χ0n) is 24.6. The molecule has 1 spiro atoms. The summed E-state index contributed by atoms with van der Waals surface area (Å²) in [5.74, 6) is 0. The molecule has 2 aliphatic carbocycles. The van der Waals surface area contributed by atoms with Gasteiger partial charge in [-0.15, -0.1) is 0 Å². The molecule has 46 heavy (non-hydrogen) atoms. The molecule has 2 heterocycles. The Morgan fingerprint density at radius 1 is 0.500 bits per heavy atom. The monoisotopic (exact) mass is 649 g/mol. The molecule has 0 unspecified atom stereocenters. The van der Waals surface area contributed by atoms with Crippen molar-refractivity contribution in [3.8, 4) is 27.9 Å². The van der Waals surface area contributed by atoms with Crippen LogP contribution in [0.2, 0.25) is 0 Å². The molecule has 9 aromatic rings. The molecule has 0 saturated heterocycles. The lowest BCUT2D eigenvalue weighted by molar-refractivity contribution is 0.669. The summed E-state index contributed by atoms with van der Waals surface area (Å²) in [6.45, 7) is 0. The van der Waals surface area contributed by atoms with Crippen LogP contribution >= 0.6 is 15.9 Å². The Labute approximate surface area is 273 Å². The van der Waals surface area contributed by atoms with Crippen LogP contribution in [0.25, 0.3) is 71.7 Å². The Balaban J connectivity index is 1.33. The largest absolute Gasteiger partial charge is 0.456 e. The van der Waals surface area contributed by atoms with E-state index in [1.165, 1.54) is 66.3 Å². The number of furan rings is 1. The number of benzene rings is 7. The number of halogens is 1. The summed E-state index contributed by atoms with van der Waals surface area (Å²) in [7, 11) is 0. The van der Waals surface area contributed by atoms with E-state index in [2.05, 4.69) is 154 Å². The lowest BCUT2D eigenvalue weighted by atomic mass is 9.70. The summed E-state index contributed by atoms with van der Waals surface area (Å²) in [5, 5.41) is 4.73. The third kappa shape index (κ3) is 2.84. The summed E-state index contributed by atoms with van der Waals surface area (Å²) in [4.78, 5) is 0. The SMILES string of the molecule is Brc1cccc2oc3ccc(-n4c5ccccc5c5ccc6c(c54)-c4ccccc4C64c5ccccc5-c5ccccc54)cc3c12. The zero-order valence-corrected chi connectivity index (χ0v) is 26.2. The first-order valence-corrected chi connectivity index (χ1v) is 16.5. The van der Waals surface area contributed by atoms with Gasteiger partial charge in [-0.05, 0) is 75.3 Å². The van der Waals surface area contributed by atoms with Gasteiger partial charge >= 0.3 is 0 Å². The number of aromatic nitrogens is 1. The number of nitrogens with zero attached hydrogens (tertiary/aromatic N) is 1. The normalized spacial score (nSPS) is 13.9. The molecule has 0 saturated carbocycles. The van der Waals surface area contributed by atoms with Gasteiger partial charge in [0.25, 0.3) is 0 Å². The van der Waals surface area contributed by atoms with E-state index in [0.717, 1.165) is 32.1 Å². The van der Waals surface area contributed by atoms with Gasteiger partial charge in [0.2, 0.25) is 0 Å². The van der Waals surface area contributed by atoms with E-state index in [-0.39, 0.29) is 5.41 Å². The fourth-order valence-corrected chi connectivity index (χ4v) is 9.37. The minimum Gasteiger partial charge on any atom is -0.456 e. The fraction of sp³-hybridized carbons (Fsp3) is 0.0233. The van der Waals surface area contributed by atoms with Crippen molar-refractivity contribution in [2.24, 2.45) is 0 Å². The molecule has 0 aliphatic heterocycles. The number of rotatable bonds is 1. The van der Waals surface area contributed by atoms with E-state index < -0.39 is 0 Å². The summed E-state index contributed by atoms with van der Waals surface area (Å²) in [5.41, 5.74) is 15.6. The van der Waals surface area contributed by atoms with E-state index in [4.69, 9.17) is 4.42 Å². The van der Waals surface area contributed by atoms with Crippen LogP contribution in [0.15, 0.2) is 154 Å². The number of fused-ring (bicyclic) bond motifs is 17. The lowest BCUT2D eigenvalue weighted by Crippen LogP contribution is -2.25. The molecular weight excluding hydrogens is 626 g/mol. The first-order chi connectivity index (χ1) is 22.7. The Kier molecular flexibility index (Phi) is 4.68. The maximum atomic E-state index is 6.29. The zero-order chi connectivity index (χ0) is 30.1. The van der Waals surface area contributed by atoms with Crippen molar-refractivity contribution in [3.63, 3.8) is 0 Å². The Hall–Kier alpha value is -5.38. The average molecular weight is 651 g/mol. The van der Waals surface area contributed by atoms with Crippen LogP contribution in [-0.2, 0) is 5.41 Å². The predicted octanol–water partition coefficient (Wildman–Crippen LogP) is 11.8. The van der Waals surface area contributed by atoms with Gasteiger partial charge in [-0.1, -0.05) is 125 Å². The molecule has 7 aromatic carbocycles. The van der Waals surface area contributed by atoms with Gasteiger partial charge in [0.05, 0.1) is 16.4 Å². The summed E-state index contributed by atoms with van der Waals surface area (Å²) in [6, 6.07) is 53.5. The van der Waals surface area contributed by atoms with E-state index in [9.17, 15) is 0 Å². The fourth-order valence-electron chi connectivity index (χ4n) is 8.81. The second-order valence-corrected chi connectivity index (χ2v) is 13.4. The van der Waals surface area contributed by atoms with Crippen LogP contribution in [-0.4, -0.2) is 4.57 Å². The quantitative estimate of drug-likeness (QED) is 0.173. The van der Waals surface area contributed by atoms with Gasteiger partial charge in [0.1, 0.15) is 11.2 Å². The molecule has 0 atom stereocenters. The van der Waals surface area contributed by atoms with Gasteiger partial charge in [0, 0.05) is 37.3 Å². The maximum absolute atomic E-state index is 6.29. The maximum Gasteiger partial charge on any atom is 0.136 e. The Morgan fingerprint density at radius 2 is 1.17 bits per heavy atom. The predicted molar refractivity (Wildman–Crippen MR) is 192 cm³/mol. The summed E-state index contributed by atoms with van der Waals surface area (Å²) >= 11 is 3.80. The molecule has 0 N–H and O–H groups in total. The standard InChI is InChI=1S/C43H24BrNO/c44-36-17-9-19-39-41(36)31-24-25(20-23-38(31)46-39)45-37-18-8-4-12-28(37)29-21-22-35-40(42(29)45)30-13-3-7-16-34(30)43(35)32-14-5-1-10-26(32)27-11-2-6-15-33(27)43/h1-24H. The third-order valence-corrected chi connectivity index (χ3v) is 11.1. The molecule has 11 rings (SSSR count). The average Bonchev–Trinajstić information content (AvgIpc) is 3.82. The van der Waals surface area contributed by atoms with Gasteiger partial charge in [0.15, 0.2) is 0 Å². The Morgan fingerprint density at radius 3 is 1.96 bits per heavy atom. The number of hydrogen-bond donors (Lipinski definition) is 0. The molecule has 0 amide bonds. The van der Waals surface area contributed by atoms with Crippen LogP contribution < -0.4 is 0 Å². The first-order valence-electron chi connectivity index (χ1n) is 15.7. The number of para-hydroxylation sites is 1. The van der Waals surface area contributed by atoms with Crippen molar-refractivity contribution in [3.05, 3.63) is 172 Å². The Bertz CT molecular complexity index is 2730. The molecule has 2 nitrogen and oxygen atoms in total. The van der Waals surface area contributed by atoms with E-state index in [0.29, 0.717) is 0 Å². The van der Waals surface area contributed by atoms with E-state index >= 15 is 0 Å². The molecule has 3 heteroatoms. The third-order valence-electron chi connectivity index (χ3n) is 10.5. The van der Waals surface area contributed by atoms with Crippen LogP contribution in [0.3, 0.4) is 0 Å². The van der Waals surface area contributed by atoms with Crippen molar-refractivity contribution in [1.29, 1.82) is 0 Å². The first kappa shape index (κ1) is 24.9. The second kappa shape index (κ2) is 8.66. The molecule has 2 aliphatic rings. The van der Waals surface area contributed by atoms with Crippen molar-refractivity contribution < 1.29 is 4.42 Å². The molecule has 0 fully saturated rings. The van der Waals surface area contributed by atoms with Crippen molar-refractivity contribution in [2.75, 3.05) is 0 Å². The van der Waals surface area contributed by atoms with Gasteiger partial charge < -0.3 is 8.98 Å². The van der Waals surface area contributed by atoms with Crippen LogP contribution in [0, 0.1) is 0 Å². The van der Waals surface area contributed by atoms with Gasteiger partial charge in [-0.25, -0.2) is 0 Å². The molecule has 0 radical (unpaired) electrons. The molecular formula is C43H24BrNO. The summed E-state index contributed by atoms with van der Waals surface area (Å²) < 4.78 is 9.82. The van der Waals surface area contributed by atoms with E-state index in [1.807, 2.05) is 12.1 Å².